The highest BCUT2D eigenvalue weighted by atomic mass is 35.5. The van der Waals surface area contributed by atoms with Gasteiger partial charge < -0.3 is 11.1 Å². The van der Waals surface area contributed by atoms with E-state index in [-0.39, 0.29) is 18.1 Å². The highest BCUT2D eigenvalue weighted by molar-refractivity contribution is 7.90. The van der Waals surface area contributed by atoms with Crippen molar-refractivity contribution in [2.75, 3.05) is 23.1 Å². The number of nitrogens with one attached hydrogen (secondary N) is 1. The Bertz CT molecular complexity index is 1040. The Balaban J connectivity index is 1.76. The average Bonchev–Trinajstić information content (AvgIpc) is 3.05. The van der Waals surface area contributed by atoms with Crippen molar-refractivity contribution in [2.45, 2.75) is 13.0 Å². The van der Waals surface area contributed by atoms with Crippen molar-refractivity contribution in [1.82, 2.24) is 19.7 Å². The predicted octanol–water partition coefficient (Wildman–Crippen LogP) is 2.29. The molecular formula is C17H19ClN6O2S. The number of aromatic nitrogens is 4. The lowest BCUT2D eigenvalue weighted by Gasteiger charge is -2.09. The van der Waals surface area contributed by atoms with E-state index in [1.807, 2.05) is 30.3 Å². The van der Waals surface area contributed by atoms with Crippen molar-refractivity contribution in [3.8, 4) is 0 Å². The molecule has 3 N–H and O–H groups in total. The number of aryl methyl sites for hydroxylation is 1. The van der Waals surface area contributed by atoms with Crippen molar-refractivity contribution in [2.24, 2.45) is 0 Å². The number of benzene rings is 1. The van der Waals surface area contributed by atoms with Gasteiger partial charge in [0.15, 0.2) is 0 Å². The van der Waals surface area contributed by atoms with Gasteiger partial charge in [0, 0.05) is 18.9 Å². The number of hydrogen-bond donors (Lipinski definition) is 2. The normalized spacial score (nSPS) is 11.5. The largest absolute Gasteiger partial charge is 0.382 e. The van der Waals surface area contributed by atoms with Gasteiger partial charge in [0.05, 0.1) is 29.9 Å². The molecule has 0 aliphatic rings. The van der Waals surface area contributed by atoms with E-state index in [1.165, 1.54) is 10.9 Å². The second-order valence-corrected chi connectivity index (χ2v) is 8.74. The third-order valence-corrected chi connectivity index (χ3v) is 5.08. The maximum atomic E-state index is 11.3. The lowest BCUT2D eigenvalue weighted by molar-refractivity contribution is 0.586. The molecule has 2 aromatic heterocycles. The molecule has 0 atom stereocenters. The quantitative estimate of drug-likeness (QED) is 0.618. The molecule has 0 amide bonds. The van der Waals surface area contributed by atoms with Crippen molar-refractivity contribution in [3.63, 3.8) is 0 Å². The molecule has 10 heteroatoms. The number of nitrogens with zero attached hydrogens (tertiary/aromatic N) is 4. The van der Waals surface area contributed by atoms with E-state index in [4.69, 9.17) is 17.3 Å². The topological polar surface area (TPSA) is 116 Å². The first kappa shape index (κ1) is 19.1. The summed E-state index contributed by atoms with van der Waals surface area (Å²) in [4.78, 5) is 8.61. The highest BCUT2D eigenvalue weighted by Gasteiger charge is 2.12. The smallest absolute Gasteiger partial charge is 0.229 e. The van der Waals surface area contributed by atoms with Crippen LogP contribution < -0.4 is 11.1 Å². The van der Waals surface area contributed by atoms with Gasteiger partial charge in [0.2, 0.25) is 5.95 Å². The number of anilines is 3. The van der Waals surface area contributed by atoms with Gasteiger partial charge in [0.1, 0.15) is 20.7 Å². The van der Waals surface area contributed by atoms with E-state index in [0.717, 1.165) is 5.56 Å². The Hall–Kier alpha value is -2.65. The van der Waals surface area contributed by atoms with Crippen LogP contribution in [0.3, 0.4) is 0 Å². The average molecular weight is 407 g/mol. The number of nitrogen functional groups attached to an aromatic ring is 1. The zero-order valence-electron chi connectivity index (χ0n) is 14.6. The lowest BCUT2D eigenvalue weighted by atomic mass is 10.1. The molecule has 3 aromatic rings. The van der Waals surface area contributed by atoms with Crippen LogP contribution in [0.5, 0.6) is 0 Å². The van der Waals surface area contributed by atoms with Gasteiger partial charge in [-0.1, -0.05) is 41.9 Å². The fraction of sp³-hybridized carbons (Fsp3) is 0.235. The third kappa shape index (κ3) is 5.41. The van der Waals surface area contributed by atoms with E-state index >= 15 is 0 Å². The first-order chi connectivity index (χ1) is 12.8. The Morgan fingerprint density at radius 2 is 1.96 bits per heavy atom. The number of sulfone groups is 1. The van der Waals surface area contributed by atoms with E-state index in [0.29, 0.717) is 28.8 Å². The molecule has 0 aliphatic heterocycles. The first-order valence-electron chi connectivity index (χ1n) is 8.13. The molecule has 0 saturated carbocycles. The Morgan fingerprint density at radius 1 is 1.22 bits per heavy atom. The monoisotopic (exact) mass is 406 g/mol. The minimum Gasteiger partial charge on any atom is -0.382 e. The maximum absolute atomic E-state index is 11.3. The number of halogens is 1. The first-order valence-corrected chi connectivity index (χ1v) is 10.6. The molecule has 2 heterocycles. The van der Waals surface area contributed by atoms with Crippen LogP contribution >= 0.6 is 11.6 Å². The van der Waals surface area contributed by atoms with Gasteiger partial charge in [-0.3, -0.25) is 4.68 Å². The summed E-state index contributed by atoms with van der Waals surface area (Å²) >= 11 is 6.26. The number of rotatable bonds is 7. The highest BCUT2D eigenvalue weighted by Crippen LogP contribution is 2.25. The number of hydrogen-bond acceptors (Lipinski definition) is 7. The van der Waals surface area contributed by atoms with Crippen LogP contribution in [0.1, 0.15) is 11.3 Å². The summed E-state index contributed by atoms with van der Waals surface area (Å²) in [5.74, 6) is 0.495. The van der Waals surface area contributed by atoms with E-state index in [9.17, 15) is 8.42 Å². The zero-order valence-corrected chi connectivity index (χ0v) is 16.2. The van der Waals surface area contributed by atoms with Gasteiger partial charge >= 0.3 is 0 Å². The lowest BCUT2D eigenvalue weighted by Crippen LogP contribution is -2.11. The van der Waals surface area contributed by atoms with Crippen LogP contribution in [0.25, 0.3) is 0 Å². The van der Waals surface area contributed by atoms with E-state index < -0.39 is 9.84 Å². The minimum absolute atomic E-state index is 0.0136. The third-order valence-electron chi connectivity index (χ3n) is 3.74. The van der Waals surface area contributed by atoms with Crippen molar-refractivity contribution >= 4 is 38.9 Å². The van der Waals surface area contributed by atoms with E-state index in [2.05, 4.69) is 20.4 Å². The molecule has 142 valence electrons. The molecule has 27 heavy (non-hydrogen) atoms. The van der Waals surface area contributed by atoms with Gasteiger partial charge in [0.25, 0.3) is 0 Å². The van der Waals surface area contributed by atoms with Crippen LogP contribution in [0, 0.1) is 0 Å². The van der Waals surface area contributed by atoms with Gasteiger partial charge in [-0.25, -0.2) is 13.4 Å². The zero-order chi connectivity index (χ0) is 19.4. The van der Waals surface area contributed by atoms with Crippen LogP contribution in [-0.2, 0) is 22.8 Å². The fourth-order valence-electron chi connectivity index (χ4n) is 2.41. The minimum atomic E-state index is -3.05. The van der Waals surface area contributed by atoms with Crippen LogP contribution in [-0.4, -0.2) is 40.2 Å². The molecule has 8 nitrogen and oxygen atoms in total. The van der Waals surface area contributed by atoms with Crippen LogP contribution in [0.2, 0.25) is 5.02 Å². The summed E-state index contributed by atoms with van der Waals surface area (Å²) in [6.07, 6.45) is 4.95. The molecule has 0 unspecified atom stereocenters. The van der Waals surface area contributed by atoms with Crippen molar-refractivity contribution < 1.29 is 8.42 Å². The van der Waals surface area contributed by atoms with Gasteiger partial charge in [-0.15, -0.1) is 0 Å². The Morgan fingerprint density at radius 3 is 2.67 bits per heavy atom. The van der Waals surface area contributed by atoms with E-state index in [1.54, 1.807) is 12.4 Å². The SMILES string of the molecule is CS(=O)(=O)CCn1cc(Nc2nc(N)c(Cl)c(Cc3ccccc3)n2)cn1. The number of nitrogens with two attached hydrogens (primary N) is 1. The summed E-state index contributed by atoms with van der Waals surface area (Å²) in [5.41, 5.74) is 8.21. The van der Waals surface area contributed by atoms with Crippen LogP contribution in [0.4, 0.5) is 17.5 Å². The molecule has 0 saturated heterocycles. The standard InChI is InChI=1S/C17H19ClN6O2S/c1-27(25,26)8-7-24-11-13(10-20-24)21-17-22-14(15(18)16(19)23-17)9-12-5-3-2-4-6-12/h2-6,10-11H,7-9H2,1H3,(H3,19,21,22,23). The molecule has 0 radical (unpaired) electrons. The maximum Gasteiger partial charge on any atom is 0.229 e. The van der Waals surface area contributed by atoms with Gasteiger partial charge in [-0.05, 0) is 5.56 Å². The summed E-state index contributed by atoms with van der Waals surface area (Å²) < 4.78 is 24.0. The second kappa shape index (κ2) is 7.93. The summed E-state index contributed by atoms with van der Waals surface area (Å²) in [6.45, 7) is 0.267. The Kier molecular flexibility index (Phi) is 5.62. The Labute approximate surface area is 162 Å². The molecule has 3 rings (SSSR count). The molecular weight excluding hydrogens is 388 g/mol. The summed E-state index contributed by atoms with van der Waals surface area (Å²) in [6, 6.07) is 9.78. The molecule has 0 fully saturated rings. The summed E-state index contributed by atoms with van der Waals surface area (Å²) in [7, 11) is -3.05. The van der Waals surface area contributed by atoms with Gasteiger partial charge in [-0.2, -0.15) is 10.1 Å². The molecule has 1 aromatic carbocycles. The molecule has 0 spiro atoms. The predicted molar refractivity (Wildman–Crippen MR) is 106 cm³/mol. The molecule has 0 bridgehead atoms. The molecule has 0 aliphatic carbocycles. The van der Waals surface area contributed by atoms with Crippen molar-refractivity contribution in [3.05, 3.63) is 59.0 Å². The second-order valence-electron chi connectivity index (χ2n) is 6.10. The van der Waals surface area contributed by atoms with Crippen molar-refractivity contribution in [1.29, 1.82) is 0 Å². The fourth-order valence-corrected chi connectivity index (χ4v) is 3.08. The van der Waals surface area contributed by atoms with Crippen LogP contribution in [0.15, 0.2) is 42.7 Å². The summed E-state index contributed by atoms with van der Waals surface area (Å²) in [5, 5.41) is 7.47.